The number of piperidine rings is 1. The van der Waals surface area contributed by atoms with Crippen molar-refractivity contribution in [3.05, 3.63) is 34.9 Å². The lowest BCUT2D eigenvalue weighted by atomic mass is 9.92. The summed E-state index contributed by atoms with van der Waals surface area (Å²) in [6.45, 7) is 5.48. The van der Waals surface area contributed by atoms with Gasteiger partial charge in [0, 0.05) is 12.1 Å². The van der Waals surface area contributed by atoms with E-state index in [1.807, 2.05) is 0 Å². The van der Waals surface area contributed by atoms with E-state index in [1.165, 1.54) is 29.5 Å². The third-order valence-electron chi connectivity index (χ3n) is 3.75. The van der Waals surface area contributed by atoms with Crippen LogP contribution in [0.4, 0.5) is 0 Å². The van der Waals surface area contributed by atoms with Crippen molar-refractivity contribution >= 4 is 0 Å². The van der Waals surface area contributed by atoms with E-state index < -0.39 is 0 Å². The first-order valence-corrected chi connectivity index (χ1v) is 6.18. The van der Waals surface area contributed by atoms with Crippen molar-refractivity contribution in [1.29, 1.82) is 0 Å². The average Bonchev–Trinajstić information content (AvgIpc) is 2.33. The van der Waals surface area contributed by atoms with Crippen LogP contribution in [-0.2, 0) is 0 Å². The molecule has 16 heavy (non-hydrogen) atoms. The monoisotopic (exact) mass is 218 g/mol. The SMILES string of the molecule is CNC1CCNC(c2ccc(C)c(C)c2)C1. The molecule has 1 heterocycles. The molecule has 2 atom stereocenters. The predicted octanol–water partition coefficient (Wildman–Crippen LogP) is 2.32. The van der Waals surface area contributed by atoms with Gasteiger partial charge in [0.25, 0.3) is 0 Å². The van der Waals surface area contributed by atoms with Crippen LogP contribution in [0.25, 0.3) is 0 Å². The van der Waals surface area contributed by atoms with Gasteiger partial charge >= 0.3 is 0 Å². The van der Waals surface area contributed by atoms with Crippen LogP contribution in [0.15, 0.2) is 18.2 Å². The van der Waals surface area contributed by atoms with Crippen molar-refractivity contribution in [3.8, 4) is 0 Å². The first-order valence-electron chi connectivity index (χ1n) is 6.18. The third kappa shape index (κ3) is 2.45. The fourth-order valence-electron chi connectivity index (χ4n) is 2.41. The summed E-state index contributed by atoms with van der Waals surface area (Å²) in [7, 11) is 2.06. The van der Waals surface area contributed by atoms with Gasteiger partial charge in [-0.2, -0.15) is 0 Å². The summed E-state index contributed by atoms with van der Waals surface area (Å²) >= 11 is 0. The molecule has 0 spiro atoms. The summed E-state index contributed by atoms with van der Waals surface area (Å²) in [5, 5.41) is 7.00. The van der Waals surface area contributed by atoms with Crippen LogP contribution >= 0.6 is 0 Å². The summed E-state index contributed by atoms with van der Waals surface area (Å²) in [5.74, 6) is 0. The maximum Gasteiger partial charge on any atom is 0.0335 e. The molecule has 0 radical (unpaired) electrons. The van der Waals surface area contributed by atoms with Crippen LogP contribution in [0.1, 0.15) is 35.6 Å². The minimum atomic E-state index is 0.519. The summed E-state index contributed by atoms with van der Waals surface area (Å²) in [6, 6.07) is 8.00. The number of nitrogens with one attached hydrogen (secondary N) is 2. The number of aryl methyl sites for hydroxylation is 2. The van der Waals surface area contributed by atoms with Crippen molar-refractivity contribution in [3.63, 3.8) is 0 Å². The van der Waals surface area contributed by atoms with E-state index in [0.29, 0.717) is 12.1 Å². The molecule has 2 nitrogen and oxygen atoms in total. The molecule has 88 valence electrons. The van der Waals surface area contributed by atoms with Crippen molar-refractivity contribution in [2.75, 3.05) is 13.6 Å². The predicted molar refractivity (Wildman–Crippen MR) is 68.7 cm³/mol. The number of benzene rings is 1. The highest BCUT2D eigenvalue weighted by atomic mass is 15.0. The van der Waals surface area contributed by atoms with Crippen LogP contribution in [0.5, 0.6) is 0 Å². The van der Waals surface area contributed by atoms with Crippen LogP contribution in [0, 0.1) is 13.8 Å². The Morgan fingerprint density at radius 2 is 2.06 bits per heavy atom. The summed E-state index contributed by atoms with van der Waals surface area (Å²) in [4.78, 5) is 0. The van der Waals surface area contributed by atoms with Crippen LogP contribution < -0.4 is 10.6 Å². The quantitative estimate of drug-likeness (QED) is 0.796. The second-order valence-corrected chi connectivity index (χ2v) is 4.86. The Labute approximate surface area is 98.4 Å². The molecule has 1 aromatic rings. The molecule has 2 rings (SSSR count). The molecule has 1 aliphatic heterocycles. The Balaban J connectivity index is 2.13. The van der Waals surface area contributed by atoms with E-state index in [4.69, 9.17) is 0 Å². The molecule has 0 aliphatic carbocycles. The van der Waals surface area contributed by atoms with E-state index in [2.05, 4.69) is 49.7 Å². The Hall–Kier alpha value is -0.860. The van der Waals surface area contributed by atoms with Crippen LogP contribution in [0.2, 0.25) is 0 Å². The average molecular weight is 218 g/mol. The highest BCUT2D eigenvalue weighted by molar-refractivity contribution is 5.32. The van der Waals surface area contributed by atoms with Crippen molar-refractivity contribution < 1.29 is 0 Å². The minimum absolute atomic E-state index is 0.519. The fraction of sp³-hybridized carbons (Fsp3) is 0.571. The molecule has 0 bridgehead atoms. The molecular formula is C14H22N2. The van der Waals surface area contributed by atoms with Crippen LogP contribution in [0.3, 0.4) is 0 Å². The Morgan fingerprint density at radius 1 is 1.25 bits per heavy atom. The van der Waals surface area contributed by atoms with Gasteiger partial charge in [-0.25, -0.2) is 0 Å². The van der Waals surface area contributed by atoms with E-state index in [-0.39, 0.29) is 0 Å². The van der Waals surface area contributed by atoms with Gasteiger partial charge in [-0.05, 0) is 57.0 Å². The maximum atomic E-state index is 3.61. The molecule has 2 heteroatoms. The first-order chi connectivity index (χ1) is 7.70. The highest BCUT2D eigenvalue weighted by Gasteiger charge is 2.21. The maximum absolute atomic E-state index is 3.61. The van der Waals surface area contributed by atoms with Gasteiger partial charge in [0.1, 0.15) is 0 Å². The fourth-order valence-corrected chi connectivity index (χ4v) is 2.41. The largest absolute Gasteiger partial charge is 0.317 e. The molecule has 1 aromatic carbocycles. The first kappa shape index (κ1) is 11.6. The summed E-state index contributed by atoms with van der Waals surface area (Å²) in [6.07, 6.45) is 2.43. The molecule has 0 amide bonds. The van der Waals surface area contributed by atoms with Gasteiger partial charge in [0.2, 0.25) is 0 Å². The Morgan fingerprint density at radius 3 is 2.75 bits per heavy atom. The van der Waals surface area contributed by atoms with Crippen LogP contribution in [-0.4, -0.2) is 19.6 Å². The second-order valence-electron chi connectivity index (χ2n) is 4.86. The van der Waals surface area contributed by atoms with Crippen molar-refractivity contribution in [2.24, 2.45) is 0 Å². The number of rotatable bonds is 2. The summed E-state index contributed by atoms with van der Waals surface area (Å²) < 4.78 is 0. The Bertz CT molecular complexity index is 360. The zero-order valence-corrected chi connectivity index (χ0v) is 10.5. The minimum Gasteiger partial charge on any atom is -0.317 e. The van der Waals surface area contributed by atoms with Gasteiger partial charge in [-0.3, -0.25) is 0 Å². The van der Waals surface area contributed by atoms with Crippen molar-refractivity contribution in [1.82, 2.24) is 10.6 Å². The lowest BCUT2D eigenvalue weighted by Gasteiger charge is -2.30. The van der Waals surface area contributed by atoms with Gasteiger partial charge < -0.3 is 10.6 Å². The topological polar surface area (TPSA) is 24.1 Å². The molecule has 1 fully saturated rings. The van der Waals surface area contributed by atoms with Gasteiger partial charge in [0.15, 0.2) is 0 Å². The second kappa shape index (κ2) is 4.98. The molecule has 1 saturated heterocycles. The van der Waals surface area contributed by atoms with Crippen molar-refractivity contribution in [2.45, 2.75) is 38.8 Å². The zero-order valence-electron chi connectivity index (χ0n) is 10.5. The third-order valence-corrected chi connectivity index (χ3v) is 3.75. The Kier molecular flexibility index (Phi) is 3.62. The molecule has 2 unspecified atom stereocenters. The zero-order chi connectivity index (χ0) is 11.5. The van der Waals surface area contributed by atoms with Gasteiger partial charge in [-0.1, -0.05) is 18.2 Å². The lowest BCUT2D eigenvalue weighted by molar-refractivity contribution is 0.337. The molecule has 1 aliphatic rings. The highest BCUT2D eigenvalue weighted by Crippen LogP contribution is 2.24. The standard InChI is InChI=1S/C14H22N2/c1-10-4-5-12(8-11(10)2)14-9-13(15-3)6-7-16-14/h4-5,8,13-16H,6-7,9H2,1-3H3. The lowest BCUT2D eigenvalue weighted by Crippen LogP contribution is -2.40. The van der Waals surface area contributed by atoms with E-state index in [9.17, 15) is 0 Å². The molecule has 2 N–H and O–H groups in total. The molecular weight excluding hydrogens is 196 g/mol. The van der Waals surface area contributed by atoms with Gasteiger partial charge in [0.05, 0.1) is 0 Å². The number of hydrogen-bond donors (Lipinski definition) is 2. The number of hydrogen-bond acceptors (Lipinski definition) is 2. The normalized spacial score (nSPS) is 25.7. The summed E-state index contributed by atoms with van der Waals surface area (Å²) in [5.41, 5.74) is 4.21. The molecule has 0 saturated carbocycles. The molecule has 0 aromatic heterocycles. The van der Waals surface area contributed by atoms with E-state index in [1.54, 1.807) is 0 Å². The van der Waals surface area contributed by atoms with Gasteiger partial charge in [-0.15, -0.1) is 0 Å². The van der Waals surface area contributed by atoms with E-state index >= 15 is 0 Å². The van der Waals surface area contributed by atoms with E-state index in [0.717, 1.165) is 6.54 Å². The smallest absolute Gasteiger partial charge is 0.0335 e.